The van der Waals surface area contributed by atoms with Gasteiger partial charge in [0.15, 0.2) is 0 Å². The van der Waals surface area contributed by atoms with Gasteiger partial charge in [0.05, 0.1) is 6.61 Å². The second kappa shape index (κ2) is 9.97. The number of halogens is 2. The fraction of sp³-hybridized carbons (Fsp3) is 0.800. The van der Waals surface area contributed by atoms with Crippen molar-refractivity contribution in [2.45, 2.75) is 13.0 Å². The lowest BCUT2D eigenvalue weighted by Gasteiger charge is -2.05. The van der Waals surface area contributed by atoms with E-state index >= 15 is 0 Å². The Morgan fingerprint density at radius 2 is 2.00 bits per heavy atom. The maximum absolute atomic E-state index is 10.5. The topological polar surface area (TPSA) is 78.3 Å². The van der Waals surface area contributed by atoms with Crippen molar-refractivity contribution in [1.29, 1.82) is 0 Å². The lowest BCUT2D eigenvalue weighted by molar-refractivity contribution is -0.144. The third-order valence-corrected chi connectivity index (χ3v) is 0.843. The van der Waals surface area contributed by atoms with Crippen molar-refractivity contribution in [2.24, 2.45) is 11.5 Å². The third kappa shape index (κ3) is 7.87. The summed E-state index contributed by atoms with van der Waals surface area (Å²) in [5.74, 6) is -0.431. The van der Waals surface area contributed by atoms with E-state index in [4.69, 9.17) is 11.5 Å². The molecule has 0 aromatic carbocycles. The van der Waals surface area contributed by atoms with Crippen molar-refractivity contribution in [3.05, 3.63) is 0 Å². The van der Waals surface area contributed by atoms with Crippen LogP contribution in [0.25, 0.3) is 0 Å². The number of hydrogen-bond donors (Lipinski definition) is 2. The molecule has 4 N–H and O–H groups in total. The van der Waals surface area contributed by atoms with Crippen LogP contribution < -0.4 is 11.5 Å². The zero-order valence-electron chi connectivity index (χ0n) is 6.28. The van der Waals surface area contributed by atoms with E-state index in [1.165, 1.54) is 0 Å². The van der Waals surface area contributed by atoms with Gasteiger partial charge in [-0.05, 0) is 6.92 Å². The molecule has 0 fully saturated rings. The molecule has 6 heteroatoms. The number of carbonyl (C=O) groups is 1. The Balaban J connectivity index is -0.000000320. The third-order valence-electron chi connectivity index (χ3n) is 0.843. The van der Waals surface area contributed by atoms with Crippen LogP contribution >= 0.6 is 24.8 Å². The maximum Gasteiger partial charge on any atom is 0.324 e. The second-order valence-electron chi connectivity index (χ2n) is 1.59. The number of rotatable bonds is 3. The van der Waals surface area contributed by atoms with Gasteiger partial charge in [-0.15, -0.1) is 24.8 Å². The first-order valence-corrected chi connectivity index (χ1v) is 2.84. The number of carbonyl (C=O) groups excluding carboxylic acids is 1. The van der Waals surface area contributed by atoms with Crippen molar-refractivity contribution >= 4 is 30.8 Å². The molecular formula is C5H14Cl2N2O2. The summed E-state index contributed by atoms with van der Waals surface area (Å²) in [5.41, 5.74) is 10.3. The molecule has 0 spiro atoms. The summed E-state index contributed by atoms with van der Waals surface area (Å²) in [6.45, 7) is 2.21. The van der Waals surface area contributed by atoms with Gasteiger partial charge in [-0.2, -0.15) is 0 Å². The largest absolute Gasteiger partial charge is 0.465 e. The van der Waals surface area contributed by atoms with Gasteiger partial charge in [0.1, 0.15) is 6.04 Å². The Morgan fingerprint density at radius 1 is 1.55 bits per heavy atom. The fourth-order valence-electron chi connectivity index (χ4n) is 0.346. The summed E-state index contributed by atoms with van der Waals surface area (Å²) in [7, 11) is 0. The molecule has 0 bridgehead atoms. The minimum absolute atomic E-state index is 0. The number of ether oxygens (including phenoxy) is 1. The molecule has 0 amide bonds. The molecular weight excluding hydrogens is 191 g/mol. The summed E-state index contributed by atoms with van der Waals surface area (Å²) in [4.78, 5) is 10.5. The average Bonchev–Trinajstić information content (AvgIpc) is 1.87. The summed E-state index contributed by atoms with van der Waals surface area (Å²) < 4.78 is 4.55. The zero-order chi connectivity index (χ0) is 7.28. The highest BCUT2D eigenvalue weighted by molar-refractivity contribution is 5.85. The van der Waals surface area contributed by atoms with Crippen molar-refractivity contribution in [3.63, 3.8) is 0 Å². The predicted octanol–water partition coefficient (Wildman–Crippen LogP) is -0.321. The molecule has 0 aromatic heterocycles. The van der Waals surface area contributed by atoms with E-state index in [0.717, 1.165) is 0 Å². The normalized spacial score (nSPS) is 10.5. The van der Waals surface area contributed by atoms with E-state index in [9.17, 15) is 4.79 Å². The molecule has 0 aromatic rings. The van der Waals surface area contributed by atoms with Gasteiger partial charge >= 0.3 is 5.97 Å². The number of hydrogen-bond acceptors (Lipinski definition) is 4. The highest BCUT2D eigenvalue weighted by Crippen LogP contribution is 1.80. The van der Waals surface area contributed by atoms with Crippen molar-refractivity contribution in [3.8, 4) is 0 Å². The Kier molecular flexibility index (Phi) is 15.6. The van der Waals surface area contributed by atoms with Gasteiger partial charge in [0.2, 0.25) is 0 Å². The molecule has 0 radical (unpaired) electrons. The van der Waals surface area contributed by atoms with Gasteiger partial charge in [0, 0.05) is 6.54 Å². The van der Waals surface area contributed by atoms with Crippen molar-refractivity contribution in [1.82, 2.24) is 0 Å². The molecule has 0 heterocycles. The number of nitrogens with two attached hydrogens (primary N) is 2. The van der Waals surface area contributed by atoms with Gasteiger partial charge < -0.3 is 16.2 Å². The van der Waals surface area contributed by atoms with Crippen LogP contribution in [-0.4, -0.2) is 25.2 Å². The predicted molar refractivity (Wildman–Crippen MR) is 48.2 cm³/mol. The van der Waals surface area contributed by atoms with Crippen LogP contribution in [0, 0.1) is 0 Å². The lowest BCUT2D eigenvalue weighted by atomic mass is 10.3. The summed E-state index contributed by atoms with van der Waals surface area (Å²) in [6.07, 6.45) is 0. The van der Waals surface area contributed by atoms with Gasteiger partial charge in [-0.3, -0.25) is 4.79 Å². The van der Waals surface area contributed by atoms with Crippen LogP contribution in [0.3, 0.4) is 0 Å². The summed E-state index contributed by atoms with van der Waals surface area (Å²) >= 11 is 0. The molecule has 0 rings (SSSR count). The van der Waals surface area contributed by atoms with E-state index in [1.54, 1.807) is 6.92 Å². The van der Waals surface area contributed by atoms with E-state index in [2.05, 4.69) is 4.74 Å². The van der Waals surface area contributed by atoms with E-state index < -0.39 is 12.0 Å². The van der Waals surface area contributed by atoms with E-state index in [-0.39, 0.29) is 31.4 Å². The van der Waals surface area contributed by atoms with Gasteiger partial charge in [-0.1, -0.05) is 0 Å². The van der Waals surface area contributed by atoms with Crippen molar-refractivity contribution in [2.75, 3.05) is 13.2 Å². The zero-order valence-corrected chi connectivity index (χ0v) is 7.91. The highest BCUT2D eigenvalue weighted by Gasteiger charge is 2.10. The molecule has 1 atom stereocenters. The Morgan fingerprint density at radius 3 is 2.27 bits per heavy atom. The molecule has 4 nitrogen and oxygen atoms in total. The average molecular weight is 205 g/mol. The van der Waals surface area contributed by atoms with Crippen molar-refractivity contribution < 1.29 is 9.53 Å². The quantitative estimate of drug-likeness (QED) is 0.619. The minimum atomic E-state index is -0.662. The molecule has 0 aliphatic heterocycles. The first kappa shape index (κ1) is 17.2. The molecule has 0 saturated heterocycles. The van der Waals surface area contributed by atoms with Crippen LogP contribution in [-0.2, 0) is 9.53 Å². The molecule has 11 heavy (non-hydrogen) atoms. The van der Waals surface area contributed by atoms with Gasteiger partial charge in [0.25, 0.3) is 0 Å². The van der Waals surface area contributed by atoms with Gasteiger partial charge in [-0.25, -0.2) is 0 Å². The highest BCUT2D eigenvalue weighted by atomic mass is 35.5. The van der Waals surface area contributed by atoms with Crippen LogP contribution in [0.1, 0.15) is 6.92 Å². The second-order valence-corrected chi connectivity index (χ2v) is 1.59. The maximum atomic E-state index is 10.5. The first-order valence-electron chi connectivity index (χ1n) is 2.84. The summed E-state index contributed by atoms with van der Waals surface area (Å²) in [5, 5.41) is 0. The standard InChI is InChI=1S/C5H12N2O2.2ClH/c1-2-9-5(8)4(7)3-6;;/h4H,2-3,6-7H2,1H3;2*1H. The monoisotopic (exact) mass is 204 g/mol. The molecule has 70 valence electrons. The Hall–Kier alpha value is -0.0300. The Labute approximate surface area is 78.5 Å². The smallest absolute Gasteiger partial charge is 0.324 e. The van der Waals surface area contributed by atoms with E-state index in [1.807, 2.05) is 0 Å². The Bertz CT molecular complexity index is 102. The molecule has 1 unspecified atom stereocenters. The molecule has 0 aliphatic carbocycles. The van der Waals surface area contributed by atoms with Crippen LogP contribution in [0.15, 0.2) is 0 Å². The SMILES string of the molecule is CCOC(=O)C(N)CN.Cl.Cl. The lowest BCUT2D eigenvalue weighted by Crippen LogP contribution is -2.39. The number of esters is 1. The first-order chi connectivity index (χ1) is 4.22. The molecule has 0 saturated carbocycles. The minimum Gasteiger partial charge on any atom is -0.465 e. The summed E-state index contributed by atoms with van der Waals surface area (Å²) in [6, 6.07) is -0.662. The van der Waals surface area contributed by atoms with Crippen LogP contribution in [0.5, 0.6) is 0 Å². The molecule has 0 aliphatic rings. The van der Waals surface area contributed by atoms with Crippen LogP contribution in [0.4, 0.5) is 0 Å². The van der Waals surface area contributed by atoms with Crippen LogP contribution in [0.2, 0.25) is 0 Å². The van der Waals surface area contributed by atoms with E-state index in [0.29, 0.717) is 6.61 Å². The fourth-order valence-corrected chi connectivity index (χ4v) is 0.346.